The minimum Gasteiger partial charge on any atom is -0.353 e. The number of fused-ring (bicyclic) bond motifs is 5. The average molecular weight is 465 g/mol. The minimum absolute atomic E-state index is 0.327. The number of rotatable bonds is 2. The lowest BCUT2D eigenvalue weighted by Gasteiger charge is -2.57. The number of hydrogen-bond acceptors (Lipinski definition) is 1. The normalized spacial score (nSPS) is 47.2. The first-order valence-corrected chi connectivity index (χ1v) is 11.9. The second-order valence-corrected chi connectivity index (χ2v) is 11.4. The zero-order valence-corrected chi connectivity index (χ0v) is 18.3. The topological polar surface area (TPSA) is 29.1 Å². The number of halogens is 1. The van der Waals surface area contributed by atoms with Crippen LogP contribution in [0.1, 0.15) is 71.6 Å². The van der Waals surface area contributed by atoms with Crippen molar-refractivity contribution in [3.8, 4) is 0 Å². The quantitative estimate of drug-likeness (QED) is 0.407. The molecule has 0 aromatic rings. The average Bonchev–Trinajstić information content (AvgIpc) is 3.41. The summed E-state index contributed by atoms with van der Waals surface area (Å²) in [6.45, 7) is 5.09. The highest BCUT2D eigenvalue weighted by atomic mass is 127. The van der Waals surface area contributed by atoms with Gasteiger partial charge in [-0.3, -0.25) is 4.79 Å². The van der Waals surface area contributed by atoms with Gasteiger partial charge in [0, 0.05) is 17.4 Å². The molecule has 5 rings (SSSR count). The summed E-state index contributed by atoms with van der Waals surface area (Å²) in [6.07, 6.45) is 16.2. The zero-order chi connectivity index (χ0) is 18.1. The van der Waals surface area contributed by atoms with Crippen LogP contribution in [0.2, 0.25) is 0 Å². The van der Waals surface area contributed by atoms with Gasteiger partial charge in [0.2, 0.25) is 5.91 Å². The van der Waals surface area contributed by atoms with E-state index in [2.05, 4.69) is 53.9 Å². The molecular formula is C23H32INO. The SMILES string of the molecule is C[C@]12CC[C@@H](NC(=O)C3CC3)CC1=CC[C@@H]1[C@@H]2CC[C@]2(C)C(I)=CC[C@@H]12. The van der Waals surface area contributed by atoms with Crippen LogP contribution in [0.3, 0.4) is 0 Å². The van der Waals surface area contributed by atoms with Gasteiger partial charge in [-0.25, -0.2) is 0 Å². The maximum atomic E-state index is 12.2. The highest BCUT2D eigenvalue weighted by molar-refractivity contribution is 14.1. The molecule has 5 aliphatic rings. The van der Waals surface area contributed by atoms with Crippen molar-refractivity contribution in [3.05, 3.63) is 21.3 Å². The molecule has 3 heteroatoms. The molecule has 0 unspecified atom stereocenters. The number of hydrogen-bond donors (Lipinski definition) is 1. The Bertz CT molecular complexity index is 692. The third-order valence-corrected chi connectivity index (χ3v) is 10.6. The smallest absolute Gasteiger partial charge is 0.223 e. The number of allylic oxidation sites excluding steroid dienone is 3. The first-order chi connectivity index (χ1) is 12.4. The second kappa shape index (κ2) is 6.09. The van der Waals surface area contributed by atoms with Crippen LogP contribution in [0.5, 0.6) is 0 Å². The Balaban J connectivity index is 1.35. The van der Waals surface area contributed by atoms with E-state index in [9.17, 15) is 4.79 Å². The summed E-state index contributed by atoms with van der Waals surface area (Å²) in [5.74, 6) is 3.24. The summed E-state index contributed by atoms with van der Waals surface area (Å²) in [7, 11) is 0. The van der Waals surface area contributed by atoms with E-state index < -0.39 is 0 Å². The van der Waals surface area contributed by atoms with Crippen molar-refractivity contribution in [3.63, 3.8) is 0 Å². The largest absolute Gasteiger partial charge is 0.353 e. The molecule has 1 N–H and O–H groups in total. The number of carbonyl (C=O) groups excluding carboxylic acids is 1. The van der Waals surface area contributed by atoms with Crippen molar-refractivity contribution in [1.82, 2.24) is 5.32 Å². The van der Waals surface area contributed by atoms with Gasteiger partial charge in [-0.05, 0) is 107 Å². The van der Waals surface area contributed by atoms with E-state index in [4.69, 9.17) is 0 Å². The maximum absolute atomic E-state index is 12.2. The molecule has 0 bridgehead atoms. The van der Waals surface area contributed by atoms with Crippen LogP contribution in [0, 0.1) is 34.5 Å². The van der Waals surface area contributed by atoms with E-state index >= 15 is 0 Å². The van der Waals surface area contributed by atoms with Gasteiger partial charge in [-0.15, -0.1) is 0 Å². The monoisotopic (exact) mass is 465 g/mol. The van der Waals surface area contributed by atoms with Crippen molar-refractivity contribution in [2.24, 2.45) is 34.5 Å². The fourth-order valence-electron chi connectivity index (χ4n) is 6.96. The van der Waals surface area contributed by atoms with E-state index in [-0.39, 0.29) is 0 Å². The van der Waals surface area contributed by atoms with Gasteiger partial charge in [-0.2, -0.15) is 0 Å². The molecule has 3 fully saturated rings. The van der Waals surface area contributed by atoms with Crippen molar-refractivity contribution in [1.29, 1.82) is 0 Å². The molecule has 3 saturated carbocycles. The number of amides is 1. The Hall–Kier alpha value is -0.320. The van der Waals surface area contributed by atoms with Gasteiger partial charge in [-0.1, -0.05) is 31.6 Å². The van der Waals surface area contributed by atoms with Crippen molar-refractivity contribution in [2.75, 3.05) is 0 Å². The predicted molar refractivity (Wildman–Crippen MR) is 114 cm³/mol. The Kier molecular flexibility index (Phi) is 4.16. The zero-order valence-electron chi connectivity index (χ0n) is 16.2. The van der Waals surface area contributed by atoms with Gasteiger partial charge in [0.25, 0.3) is 0 Å². The first kappa shape index (κ1) is 17.8. The van der Waals surface area contributed by atoms with Crippen LogP contribution in [0.4, 0.5) is 0 Å². The van der Waals surface area contributed by atoms with Gasteiger partial charge in [0.15, 0.2) is 0 Å². The maximum Gasteiger partial charge on any atom is 0.223 e. The van der Waals surface area contributed by atoms with Crippen LogP contribution < -0.4 is 5.32 Å². The molecule has 5 aliphatic carbocycles. The molecule has 0 saturated heterocycles. The van der Waals surface area contributed by atoms with Crippen molar-refractivity contribution < 1.29 is 4.79 Å². The minimum atomic E-state index is 0.327. The Morgan fingerprint density at radius 2 is 1.81 bits per heavy atom. The third kappa shape index (κ3) is 2.58. The van der Waals surface area contributed by atoms with E-state index in [0.29, 0.717) is 28.7 Å². The molecule has 0 spiro atoms. The Labute approximate surface area is 171 Å². The highest BCUT2D eigenvalue weighted by Gasteiger charge is 2.56. The van der Waals surface area contributed by atoms with E-state index in [1.807, 2.05) is 0 Å². The van der Waals surface area contributed by atoms with E-state index in [1.54, 1.807) is 9.15 Å². The molecule has 0 aromatic carbocycles. The summed E-state index contributed by atoms with van der Waals surface area (Å²) in [5.41, 5.74) is 2.52. The van der Waals surface area contributed by atoms with Crippen LogP contribution in [0.25, 0.3) is 0 Å². The van der Waals surface area contributed by atoms with Crippen LogP contribution in [0.15, 0.2) is 21.3 Å². The molecule has 142 valence electrons. The van der Waals surface area contributed by atoms with Gasteiger partial charge in [0.05, 0.1) is 0 Å². The summed E-state index contributed by atoms with van der Waals surface area (Å²) in [6, 6.07) is 0.391. The fourth-order valence-corrected chi connectivity index (χ4v) is 7.89. The Morgan fingerprint density at radius 3 is 2.58 bits per heavy atom. The van der Waals surface area contributed by atoms with E-state index in [0.717, 1.165) is 37.0 Å². The van der Waals surface area contributed by atoms with Gasteiger partial charge in [0.1, 0.15) is 0 Å². The molecular weight excluding hydrogens is 433 g/mol. The molecule has 0 aliphatic heterocycles. The first-order valence-electron chi connectivity index (χ1n) is 10.8. The summed E-state index contributed by atoms with van der Waals surface area (Å²) >= 11 is 2.62. The second-order valence-electron chi connectivity index (χ2n) is 10.2. The van der Waals surface area contributed by atoms with Crippen LogP contribution in [-0.2, 0) is 4.79 Å². The third-order valence-electron chi connectivity index (χ3n) is 8.88. The number of carbonyl (C=O) groups is 1. The summed E-state index contributed by atoms with van der Waals surface area (Å²) in [5, 5.41) is 3.36. The van der Waals surface area contributed by atoms with Crippen LogP contribution >= 0.6 is 22.6 Å². The summed E-state index contributed by atoms with van der Waals surface area (Å²) < 4.78 is 1.63. The summed E-state index contributed by atoms with van der Waals surface area (Å²) in [4.78, 5) is 12.2. The van der Waals surface area contributed by atoms with Gasteiger partial charge >= 0.3 is 0 Å². The van der Waals surface area contributed by atoms with Crippen LogP contribution in [-0.4, -0.2) is 11.9 Å². The molecule has 26 heavy (non-hydrogen) atoms. The van der Waals surface area contributed by atoms with Crippen molar-refractivity contribution >= 4 is 28.5 Å². The highest BCUT2D eigenvalue weighted by Crippen LogP contribution is 2.65. The molecule has 0 radical (unpaired) electrons. The molecule has 6 atom stereocenters. The molecule has 2 nitrogen and oxygen atoms in total. The number of nitrogens with one attached hydrogen (secondary N) is 1. The van der Waals surface area contributed by atoms with Gasteiger partial charge < -0.3 is 5.32 Å². The molecule has 0 aromatic heterocycles. The fraction of sp³-hybridized carbons (Fsp3) is 0.783. The lowest BCUT2D eigenvalue weighted by Crippen LogP contribution is -2.51. The standard InChI is InChI=1S/C23H32INO/c1-22-11-9-16(25-21(26)14-3-4-14)13-15(22)5-6-17-18-7-8-20(24)23(18,2)12-10-19(17)22/h5,8,14,16-19H,3-4,6-7,9-13H2,1-2H3,(H,25,26)/t16-,17+,18+,19+,22+,23+/m1/s1. The molecule has 1 amide bonds. The lowest BCUT2D eigenvalue weighted by atomic mass is 9.48. The van der Waals surface area contributed by atoms with Crippen molar-refractivity contribution in [2.45, 2.75) is 77.7 Å². The predicted octanol–water partition coefficient (Wildman–Crippen LogP) is 5.77. The van der Waals surface area contributed by atoms with E-state index in [1.165, 1.54) is 38.5 Å². The molecule has 0 heterocycles. The Morgan fingerprint density at radius 1 is 1.04 bits per heavy atom. The lowest BCUT2D eigenvalue weighted by molar-refractivity contribution is -0.123.